The van der Waals surface area contributed by atoms with Crippen molar-refractivity contribution in [3.63, 3.8) is 0 Å². The number of allylic oxidation sites excluding steroid dienone is 1. The molecule has 0 aromatic carbocycles. The van der Waals surface area contributed by atoms with Crippen LogP contribution >= 0.6 is 0 Å². The fourth-order valence-electron chi connectivity index (χ4n) is 1.51. The molecule has 0 radical (unpaired) electrons. The van der Waals surface area contributed by atoms with Crippen molar-refractivity contribution < 1.29 is 0 Å². The van der Waals surface area contributed by atoms with E-state index in [4.69, 9.17) is 0 Å². The monoisotopic (exact) mass is 166 g/mol. The van der Waals surface area contributed by atoms with Crippen LogP contribution in [-0.4, -0.2) is 5.71 Å². The molecular formula is C10H18N2. The van der Waals surface area contributed by atoms with Crippen LogP contribution in [0.4, 0.5) is 0 Å². The average Bonchev–Trinajstić information content (AvgIpc) is 2.04. The lowest BCUT2D eigenvalue weighted by molar-refractivity contribution is 0.542. The van der Waals surface area contributed by atoms with Gasteiger partial charge in [0.05, 0.1) is 0 Å². The molecule has 1 heterocycles. The Morgan fingerprint density at radius 1 is 1.33 bits per heavy atom. The summed E-state index contributed by atoms with van der Waals surface area (Å²) in [5.41, 5.74) is 4.18. The molecule has 0 aliphatic carbocycles. The molecule has 0 aromatic heterocycles. The molecule has 1 rings (SSSR count). The van der Waals surface area contributed by atoms with Crippen molar-refractivity contribution in [3.8, 4) is 0 Å². The van der Waals surface area contributed by atoms with Gasteiger partial charge in [0.15, 0.2) is 0 Å². The Balaban J connectivity index is 2.76. The lowest BCUT2D eigenvalue weighted by Gasteiger charge is -2.24. The van der Waals surface area contributed by atoms with Crippen LogP contribution in [0.3, 0.4) is 0 Å². The van der Waals surface area contributed by atoms with Crippen molar-refractivity contribution in [2.24, 2.45) is 22.9 Å². The van der Waals surface area contributed by atoms with E-state index in [-0.39, 0.29) is 0 Å². The minimum Gasteiger partial charge on any atom is -0.286 e. The fraction of sp³-hybridized carbons (Fsp3) is 0.700. The third-order valence-electron chi connectivity index (χ3n) is 2.22. The van der Waals surface area contributed by atoms with Gasteiger partial charge < -0.3 is 0 Å². The molecule has 0 saturated carbocycles. The molecule has 0 amide bonds. The van der Waals surface area contributed by atoms with Crippen molar-refractivity contribution >= 4 is 5.71 Å². The molecule has 1 N–H and O–H groups in total. The van der Waals surface area contributed by atoms with Gasteiger partial charge in [-0.2, -0.15) is 5.10 Å². The maximum atomic E-state index is 4.31. The van der Waals surface area contributed by atoms with Gasteiger partial charge in [0.1, 0.15) is 0 Å². The zero-order chi connectivity index (χ0) is 9.14. The maximum Gasteiger partial charge on any atom is 0.0479 e. The van der Waals surface area contributed by atoms with E-state index >= 15 is 0 Å². The second-order valence-corrected chi connectivity index (χ2v) is 3.95. The van der Waals surface area contributed by atoms with Crippen molar-refractivity contribution in [2.45, 2.75) is 27.7 Å². The van der Waals surface area contributed by atoms with Crippen LogP contribution < -0.4 is 5.43 Å². The van der Waals surface area contributed by atoms with Crippen LogP contribution in [0.15, 0.2) is 17.4 Å². The summed E-state index contributed by atoms with van der Waals surface area (Å²) in [4.78, 5) is 0. The summed E-state index contributed by atoms with van der Waals surface area (Å²) < 4.78 is 0. The van der Waals surface area contributed by atoms with Crippen LogP contribution in [0, 0.1) is 17.8 Å². The first-order valence-electron chi connectivity index (χ1n) is 4.62. The van der Waals surface area contributed by atoms with Crippen LogP contribution in [0.25, 0.3) is 0 Å². The Morgan fingerprint density at radius 3 is 2.42 bits per heavy atom. The lowest BCUT2D eigenvalue weighted by Crippen LogP contribution is -2.28. The lowest BCUT2D eigenvalue weighted by atomic mass is 9.85. The molecule has 0 fully saturated rings. The third kappa shape index (κ3) is 1.87. The highest BCUT2D eigenvalue weighted by Gasteiger charge is 2.21. The second-order valence-electron chi connectivity index (χ2n) is 3.95. The van der Waals surface area contributed by atoms with Crippen LogP contribution in [0.5, 0.6) is 0 Å². The molecule has 0 saturated heterocycles. The molecule has 0 spiro atoms. The van der Waals surface area contributed by atoms with Gasteiger partial charge in [-0.25, -0.2) is 0 Å². The van der Waals surface area contributed by atoms with E-state index < -0.39 is 0 Å². The minimum atomic E-state index is 0.520. The van der Waals surface area contributed by atoms with Gasteiger partial charge in [-0.1, -0.05) is 33.8 Å². The highest BCUT2D eigenvalue weighted by atomic mass is 15.3. The van der Waals surface area contributed by atoms with E-state index in [0.29, 0.717) is 17.8 Å². The average molecular weight is 166 g/mol. The van der Waals surface area contributed by atoms with E-state index in [1.807, 2.05) is 6.20 Å². The summed E-state index contributed by atoms with van der Waals surface area (Å²) in [6.07, 6.45) is 4.13. The first-order valence-corrected chi connectivity index (χ1v) is 4.62. The fourth-order valence-corrected chi connectivity index (χ4v) is 1.51. The summed E-state index contributed by atoms with van der Waals surface area (Å²) in [5.74, 6) is 1.70. The van der Waals surface area contributed by atoms with Gasteiger partial charge in [-0.05, 0) is 11.8 Å². The third-order valence-corrected chi connectivity index (χ3v) is 2.22. The predicted molar refractivity (Wildman–Crippen MR) is 52.9 cm³/mol. The minimum absolute atomic E-state index is 0.520. The van der Waals surface area contributed by atoms with E-state index in [0.717, 1.165) is 0 Å². The van der Waals surface area contributed by atoms with Crippen LogP contribution in [0.1, 0.15) is 27.7 Å². The largest absolute Gasteiger partial charge is 0.286 e. The van der Waals surface area contributed by atoms with Gasteiger partial charge in [0.25, 0.3) is 0 Å². The maximum absolute atomic E-state index is 4.31. The van der Waals surface area contributed by atoms with Gasteiger partial charge in [0.2, 0.25) is 0 Å². The Kier molecular flexibility index (Phi) is 2.90. The normalized spacial score (nSPS) is 22.8. The number of hydrogen-bond acceptors (Lipinski definition) is 2. The Bertz CT molecular complexity index is 202. The summed E-state index contributed by atoms with van der Waals surface area (Å²) in [6.45, 7) is 8.85. The Morgan fingerprint density at radius 2 is 2.00 bits per heavy atom. The highest BCUT2D eigenvalue weighted by Crippen LogP contribution is 2.20. The molecule has 2 heteroatoms. The Hall–Kier alpha value is -0.790. The van der Waals surface area contributed by atoms with Crippen LogP contribution in [0.2, 0.25) is 0 Å². The SMILES string of the molecule is CC(C)C1=NNC=CC1C(C)C. The van der Waals surface area contributed by atoms with E-state index in [9.17, 15) is 0 Å². The van der Waals surface area contributed by atoms with Gasteiger partial charge in [0, 0.05) is 17.8 Å². The topological polar surface area (TPSA) is 24.4 Å². The highest BCUT2D eigenvalue weighted by molar-refractivity contribution is 5.90. The molecule has 1 aliphatic rings. The zero-order valence-corrected chi connectivity index (χ0v) is 8.33. The standard InChI is InChI=1S/C10H18N2/c1-7(2)9-5-6-11-12-10(9)8(3)4/h5-9,11H,1-4H3. The van der Waals surface area contributed by atoms with Gasteiger partial charge in [-0.3, -0.25) is 5.43 Å². The summed E-state index contributed by atoms with van der Waals surface area (Å²) in [5, 5.41) is 4.31. The number of nitrogens with one attached hydrogen (secondary N) is 1. The first kappa shape index (κ1) is 9.30. The van der Waals surface area contributed by atoms with Crippen molar-refractivity contribution in [3.05, 3.63) is 12.3 Å². The molecule has 1 unspecified atom stereocenters. The van der Waals surface area contributed by atoms with Crippen LogP contribution in [-0.2, 0) is 0 Å². The van der Waals surface area contributed by atoms with Gasteiger partial charge in [-0.15, -0.1) is 0 Å². The first-order chi connectivity index (χ1) is 5.63. The van der Waals surface area contributed by atoms with Gasteiger partial charge >= 0.3 is 0 Å². The molecule has 68 valence electrons. The molecule has 12 heavy (non-hydrogen) atoms. The molecule has 1 atom stereocenters. The molecule has 2 nitrogen and oxygen atoms in total. The summed E-state index contributed by atoms with van der Waals surface area (Å²) in [6, 6.07) is 0. The number of nitrogens with zero attached hydrogens (tertiary/aromatic N) is 1. The van der Waals surface area contributed by atoms with Crippen molar-refractivity contribution in [2.75, 3.05) is 0 Å². The molecule has 0 bridgehead atoms. The molecule has 1 aliphatic heterocycles. The quantitative estimate of drug-likeness (QED) is 0.669. The zero-order valence-electron chi connectivity index (χ0n) is 8.33. The van der Waals surface area contributed by atoms with E-state index in [1.54, 1.807) is 0 Å². The second kappa shape index (κ2) is 3.74. The Labute approximate surface area is 74.7 Å². The van der Waals surface area contributed by atoms with Crippen molar-refractivity contribution in [1.82, 2.24) is 5.43 Å². The number of rotatable bonds is 2. The van der Waals surface area contributed by atoms with E-state index in [2.05, 4.69) is 44.3 Å². The summed E-state index contributed by atoms with van der Waals surface area (Å²) >= 11 is 0. The number of hydrazone groups is 1. The predicted octanol–water partition coefficient (Wildman–Crippen LogP) is 2.39. The number of hydrogen-bond donors (Lipinski definition) is 1. The van der Waals surface area contributed by atoms with Crippen molar-refractivity contribution in [1.29, 1.82) is 0 Å². The van der Waals surface area contributed by atoms with E-state index in [1.165, 1.54) is 5.71 Å². The smallest absolute Gasteiger partial charge is 0.0479 e. The summed E-state index contributed by atoms with van der Waals surface area (Å²) in [7, 11) is 0. The molecular weight excluding hydrogens is 148 g/mol. The molecule has 0 aromatic rings.